The van der Waals surface area contributed by atoms with Crippen molar-refractivity contribution < 1.29 is 14.6 Å². The van der Waals surface area contributed by atoms with Crippen molar-refractivity contribution in [2.75, 3.05) is 13.7 Å². The number of rotatable bonds is 12. The van der Waals surface area contributed by atoms with Gasteiger partial charge in [-0.2, -0.15) is 0 Å². The normalized spacial score (nSPS) is 14.5. The molecule has 1 aromatic heterocycles. The summed E-state index contributed by atoms with van der Waals surface area (Å²) in [5, 5.41) is 12.8. The zero-order valence-corrected chi connectivity index (χ0v) is 24.0. The zero-order chi connectivity index (χ0) is 27.6. The number of benzene rings is 2. The Morgan fingerprint density at radius 3 is 2.46 bits per heavy atom. The van der Waals surface area contributed by atoms with Crippen LogP contribution in [0.25, 0.3) is 5.57 Å². The quantitative estimate of drug-likeness (QED) is 0.226. The minimum absolute atomic E-state index is 0.184. The van der Waals surface area contributed by atoms with E-state index >= 15 is 0 Å². The van der Waals surface area contributed by atoms with E-state index in [4.69, 9.17) is 16.3 Å². The third-order valence-electron chi connectivity index (χ3n) is 7.25. The van der Waals surface area contributed by atoms with Crippen LogP contribution in [0.3, 0.4) is 0 Å². The van der Waals surface area contributed by atoms with E-state index in [9.17, 15) is 9.90 Å². The predicted molar refractivity (Wildman–Crippen MR) is 160 cm³/mol. The maximum absolute atomic E-state index is 12.4. The topological polar surface area (TPSA) is 59.4 Å². The van der Waals surface area contributed by atoms with Gasteiger partial charge in [0, 0.05) is 41.0 Å². The van der Waals surface area contributed by atoms with Crippen LogP contribution in [0, 0.1) is 17.8 Å². The first-order chi connectivity index (χ1) is 19.0. The van der Waals surface area contributed by atoms with Crippen LogP contribution in [0.5, 0.6) is 0 Å². The van der Waals surface area contributed by atoms with Crippen LogP contribution in [0.15, 0.2) is 76.6 Å². The highest BCUT2D eigenvalue weighted by atomic mass is 35.5. The van der Waals surface area contributed by atoms with E-state index in [-0.39, 0.29) is 11.8 Å². The van der Waals surface area contributed by atoms with Crippen LogP contribution < -0.4 is 0 Å². The lowest BCUT2D eigenvalue weighted by atomic mass is 9.83. The number of thiazole rings is 1. The first kappa shape index (κ1) is 28.8. The highest BCUT2D eigenvalue weighted by molar-refractivity contribution is 7.07. The summed E-state index contributed by atoms with van der Waals surface area (Å²) in [6, 6.07) is 16.0. The van der Waals surface area contributed by atoms with E-state index in [0.717, 1.165) is 65.1 Å². The summed E-state index contributed by atoms with van der Waals surface area (Å²) in [5.41, 5.74) is 8.23. The van der Waals surface area contributed by atoms with E-state index in [1.165, 1.54) is 16.9 Å². The van der Waals surface area contributed by atoms with Crippen molar-refractivity contribution in [3.05, 3.63) is 104 Å². The van der Waals surface area contributed by atoms with Crippen LogP contribution in [0.2, 0.25) is 5.02 Å². The number of carboxylic acid groups (broad SMARTS) is 1. The third kappa shape index (κ3) is 7.92. The first-order valence-electron chi connectivity index (χ1n) is 13.4. The van der Waals surface area contributed by atoms with E-state index in [0.29, 0.717) is 18.6 Å². The molecule has 2 atom stereocenters. The number of aromatic nitrogens is 1. The van der Waals surface area contributed by atoms with Gasteiger partial charge >= 0.3 is 5.97 Å². The molecule has 0 amide bonds. The molecule has 3 aromatic rings. The van der Waals surface area contributed by atoms with Gasteiger partial charge in [-0.15, -0.1) is 11.3 Å². The number of halogens is 1. The lowest BCUT2D eigenvalue weighted by molar-refractivity contribution is -0.132. The predicted octanol–water partition coefficient (Wildman–Crippen LogP) is 8.38. The minimum atomic E-state index is -0.824. The number of allylic oxidation sites excluding steroid dienone is 3. The van der Waals surface area contributed by atoms with Crippen molar-refractivity contribution in [2.45, 2.75) is 51.4 Å². The number of nitrogens with zero attached hydrogens (tertiary/aromatic N) is 1. The van der Waals surface area contributed by atoms with Crippen molar-refractivity contribution >= 4 is 34.5 Å². The molecule has 0 radical (unpaired) electrons. The Morgan fingerprint density at radius 1 is 1.08 bits per heavy atom. The Balaban J connectivity index is 1.54. The number of methoxy groups -OCH3 is 1. The Morgan fingerprint density at radius 2 is 1.82 bits per heavy atom. The number of aliphatic carboxylic acids is 1. The number of carboxylic acids is 1. The number of unbranched alkanes of at least 4 members (excludes halogenated alkanes) is 1. The molecular formula is C33H34ClNO3S. The van der Waals surface area contributed by atoms with Crippen molar-refractivity contribution in [1.82, 2.24) is 4.98 Å². The largest absolute Gasteiger partial charge is 0.478 e. The zero-order valence-electron chi connectivity index (χ0n) is 22.5. The van der Waals surface area contributed by atoms with Gasteiger partial charge in [-0.05, 0) is 77.6 Å². The molecule has 0 aliphatic heterocycles. The van der Waals surface area contributed by atoms with Crippen molar-refractivity contribution in [2.24, 2.45) is 5.92 Å². The Bertz CT molecular complexity index is 1360. The van der Waals surface area contributed by atoms with Crippen molar-refractivity contribution in [1.29, 1.82) is 0 Å². The molecule has 4 rings (SSSR count). The van der Waals surface area contributed by atoms with Gasteiger partial charge in [0.05, 0.1) is 12.1 Å². The first-order valence-corrected chi connectivity index (χ1v) is 14.7. The summed E-state index contributed by atoms with van der Waals surface area (Å²) in [6.45, 7) is 2.80. The molecule has 39 heavy (non-hydrogen) atoms. The van der Waals surface area contributed by atoms with Gasteiger partial charge < -0.3 is 9.84 Å². The fraction of sp³-hybridized carbons (Fsp3) is 0.333. The average Bonchev–Trinajstić information content (AvgIpc) is 3.63. The SMILES string of the molecule is CCCCC(CCC(COC)c1ccc(Cl)cc1)C1=C(C(=O)O)CC(c2ccc(C#Cc3cscn3)cc2)=C1. The lowest BCUT2D eigenvalue weighted by Gasteiger charge is -2.23. The maximum atomic E-state index is 12.4. The van der Waals surface area contributed by atoms with E-state index in [1.807, 2.05) is 41.8 Å². The molecule has 0 fully saturated rings. The molecule has 4 nitrogen and oxygen atoms in total. The second-order valence-corrected chi connectivity index (χ2v) is 11.1. The molecule has 0 bridgehead atoms. The minimum Gasteiger partial charge on any atom is -0.478 e. The third-order valence-corrected chi connectivity index (χ3v) is 8.08. The van der Waals surface area contributed by atoms with Gasteiger partial charge in [-0.1, -0.05) is 67.6 Å². The van der Waals surface area contributed by atoms with Crippen LogP contribution in [0.1, 0.15) is 73.8 Å². The van der Waals surface area contributed by atoms with Gasteiger partial charge in [0.15, 0.2) is 0 Å². The van der Waals surface area contributed by atoms with Crippen molar-refractivity contribution in [3.8, 4) is 11.8 Å². The fourth-order valence-corrected chi connectivity index (χ4v) is 5.75. The Kier molecular flexibility index (Phi) is 10.6. The number of carbonyl (C=O) groups is 1. The highest BCUT2D eigenvalue weighted by Gasteiger charge is 2.28. The molecule has 2 aromatic carbocycles. The summed E-state index contributed by atoms with van der Waals surface area (Å²) >= 11 is 7.64. The lowest BCUT2D eigenvalue weighted by Crippen LogP contribution is -2.13. The fourth-order valence-electron chi connectivity index (χ4n) is 5.14. The highest BCUT2D eigenvalue weighted by Crippen LogP contribution is 2.40. The second-order valence-electron chi connectivity index (χ2n) is 9.91. The molecule has 0 saturated heterocycles. The van der Waals surface area contributed by atoms with Crippen LogP contribution in [-0.2, 0) is 9.53 Å². The van der Waals surface area contributed by atoms with Crippen LogP contribution in [0.4, 0.5) is 0 Å². The molecule has 6 heteroatoms. The summed E-state index contributed by atoms with van der Waals surface area (Å²) in [6.07, 6.45) is 7.49. The van der Waals surface area contributed by atoms with E-state index in [1.54, 1.807) is 12.6 Å². The van der Waals surface area contributed by atoms with Gasteiger partial charge in [0.2, 0.25) is 0 Å². The molecule has 0 saturated carbocycles. The molecule has 202 valence electrons. The van der Waals surface area contributed by atoms with Gasteiger partial charge in [-0.3, -0.25) is 0 Å². The summed E-state index contributed by atoms with van der Waals surface area (Å²) < 4.78 is 5.55. The smallest absolute Gasteiger partial charge is 0.332 e. The molecule has 1 heterocycles. The molecule has 1 aliphatic carbocycles. The summed E-state index contributed by atoms with van der Waals surface area (Å²) in [4.78, 5) is 16.6. The number of ether oxygens (including phenoxy) is 1. The summed E-state index contributed by atoms with van der Waals surface area (Å²) in [7, 11) is 1.73. The van der Waals surface area contributed by atoms with Crippen LogP contribution in [-0.4, -0.2) is 29.8 Å². The van der Waals surface area contributed by atoms with E-state index in [2.05, 4.69) is 42.0 Å². The standard InChI is InChI=1S/C33H34ClNO3S/c1-3-4-5-26(11-12-27(20-38-2)24-13-15-29(34)16-14-24)31-18-28(19-32(31)33(36)37)25-9-6-23(7-10-25)8-17-30-21-39-22-35-30/h6-7,9-10,13-16,18,21-22,26-27H,3-5,11-12,19-20H2,1-2H3,(H,36,37). The second kappa shape index (κ2) is 14.3. The van der Waals surface area contributed by atoms with E-state index < -0.39 is 5.97 Å². The van der Waals surface area contributed by atoms with Gasteiger partial charge in [0.25, 0.3) is 0 Å². The Labute approximate surface area is 240 Å². The number of hydrogen-bond donors (Lipinski definition) is 1. The van der Waals surface area contributed by atoms with Crippen molar-refractivity contribution in [3.63, 3.8) is 0 Å². The average molecular weight is 560 g/mol. The summed E-state index contributed by atoms with van der Waals surface area (Å²) in [5.74, 6) is 5.81. The molecule has 0 spiro atoms. The monoisotopic (exact) mass is 559 g/mol. The number of hydrogen-bond acceptors (Lipinski definition) is 4. The maximum Gasteiger partial charge on any atom is 0.332 e. The molecule has 1 N–H and O–H groups in total. The molecule has 1 aliphatic rings. The van der Waals surface area contributed by atoms with Crippen LogP contribution >= 0.6 is 22.9 Å². The van der Waals surface area contributed by atoms with Gasteiger partial charge in [-0.25, -0.2) is 9.78 Å². The Hall–Kier alpha value is -3.17. The molecular weight excluding hydrogens is 526 g/mol. The molecule has 2 unspecified atom stereocenters. The van der Waals surface area contributed by atoms with Gasteiger partial charge in [0.1, 0.15) is 5.69 Å².